The Labute approximate surface area is 175 Å². The molecule has 1 aromatic carbocycles. The minimum Gasteiger partial charge on any atom is -0.394 e. The molecule has 2 fully saturated rings. The Balaban J connectivity index is 1.54. The number of carbonyl (C=O) groups is 2. The zero-order valence-corrected chi connectivity index (χ0v) is 16.7. The summed E-state index contributed by atoms with van der Waals surface area (Å²) in [6.07, 6.45) is 3.12. The first kappa shape index (κ1) is 20.1. The van der Waals surface area contributed by atoms with Gasteiger partial charge in [-0.05, 0) is 29.8 Å². The van der Waals surface area contributed by atoms with Crippen LogP contribution in [-0.4, -0.2) is 77.2 Å². The molecule has 2 aliphatic rings. The van der Waals surface area contributed by atoms with Gasteiger partial charge in [-0.25, -0.2) is 0 Å². The molecule has 1 aromatic heterocycles. The zero-order valence-electron chi connectivity index (χ0n) is 16.7. The van der Waals surface area contributed by atoms with Crippen LogP contribution >= 0.6 is 0 Å². The number of hydrogen-bond donors (Lipinski definition) is 1. The summed E-state index contributed by atoms with van der Waals surface area (Å²) in [5.74, 6) is 5.57. The fourth-order valence-corrected chi connectivity index (χ4v) is 4.33. The van der Waals surface area contributed by atoms with Crippen molar-refractivity contribution in [1.82, 2.24) is 14.8 Å². The second-order valence-electron chi connectivity index (χ2n) is 7.43. The molecule has 0 spiro atoms. The molecule has 0 radical (unpaired) electrons. The van der Waals surface area contributed by atoms with Crippen molar-refractivity contribution >= 4 is 11.8 Å². The number of benzene rings is 1. The van der Waals surface area contributed by atoms with E-state index in [-0.39, 0.29) is 43.0 Å². The fourth-order valence-electron chi connectivity index (χ4n) is 4.33. The summed E-state index contributed by atoms with van der Waals surface area (Å²) >= 11 is 0. The summed E-state index contributed by atoms with van der Waals surface area (Å²) in [6.45, 7) is 0.702. The predicted octanol–water partition coefficient (Wildman–Crippen LogP) is 0.891. The van der Waals surface area contributed by atoms with E-state index in [1.807, 2.05) is 24.3 Å². The molecule has 2 aromatic rings. The van der Waals surface area contributed by atoms with E-state index in [0.29, 0.717) is 18.7 Å². The third-order valence-electron chi connectivity index (χ3n) is 5.69. The van der Waals surface area contributed by atoms with Gasteiger partial charge in [0.1, 0.15) is 13.2 Å². The highest BCUT2D eigenvalue weighted by molar-refractivity contribution is 5.97. The Kier molecular flexibility index (Phi) is 5.79. The van der Waals surface area contributed by atoms with Gasteiger partial charge in [0.15, 0.2) is 0 Å². The van der Waals surface area contributed by atoms with Gasteiger partial charge in [0.05, 0.1) is 24.3 Å². The van der Waals surface area contributed by atoms with Crippen molar-refractivity contribution in [3.8, 4) is 11.8 Å². The van der Waals surface area contributed by atoms with Gasteiger partial charge in [-0.2, -0.15) is 0 Å². The highest BCUT2D eigenvalue weighted by atomic mass is 16.5. The molecule has 3 heterocycles. The molecule has 2 aliphatic heterocycles. The number of methoxy groups -OCH3 is 1. The number of rotatable bonds is 4. The average molecular weight is 405 g/mol. The van der Waals surface area contributed by atoms with E-state index >= 15 is 0 Å². The Morgan fingerprint density at radius 3 is 2.77 bits per heavy atom. The van der Waals surface area contributed by atoms with Crippen molar-refractivity contribution in [2.75, 3.05) is 33.4 Å². The van der Waals surface area contributed by atoms with E-state index in [0.717, 1.165) is 11.1 Å². The quantitative estimate of drug-likeness (QED) is 0.764. The number of fused-ring (bicyclic) bond motifs is 1. The maximum Gasteiger partial charge on any atom is 0.255 e. The van der Waals surface area contributed by atoms with Crippen LogP contribution in [0.1, 0.15) is 27.4 Å². The molecule has 154 valence electrons. The molecule has 0 unspecified atom stereocenters. The van der Waals surface area contributed by atoms with Gasteiger partial charge in [-0.15, -0.1) is 0 Å². The lowest BCUT2D eigenvalue weighted by Crippen LogP contribution is -2.73. The summed E-state index contributed by atoms with van der Waals surface area (Å²) in [5, 5.41) is 9.91. The van der Waals surface area contributed by atoms with Crippen molar-refractivity contribution < 1.29 is 19.4 Å². The second-order valence-corrected chi connectivity index (χ2v) is 7.43. The molecule has 7 heteroatoms. The Hall–Kier alpha value is -3.21. The van der Waals surface area contributed by atoms with Crippen LogP contribution in [0, 0.1) is 11.8 Å². The van der Waals surface area contributed by atoms with Crippen molar-refractivity contribution in [3.05, 3.63) is 65.5 Å². The van der Waals surface area contributed by atoms with Gasteiger partial charge in [-0.1, -0.05) is 24.0 Å². The van der Waals surface area contributed by atoms with Crippen LogP contribution in [0.15, 0.2) is 48.8 Å². The van der Waals surface area contributed by atoms with Gasteiger partial charge < -0.3 is 19.6 Å². The molecule has 0 aliphatic carbocycles. The molecular weight excluding hydrogens is 382 g/mol. The van der Waals surface area contributed by atoms with E-state index in [1.165, 1.54) is 6.20 Å². The number of hydrogen-bond acceptors (Lipinski definition) is 5. The van der Waals surface area contributed by atoms with Crippen LogP contribution in [0.4, 0.5) is 0 Å². The van der Waals surface area contributed by atoms with Crippen molar-refractivity contribution in [2.45, 2.75) is 18.0 Å². The first-order valence-corrected chi connectivity index (χ1v) is 9.83. The van der Waals surface area contributed by atoms with Crippen LogP contribution in [0.25, 0.3) is 0 Å². The number of aliphatic hydroxyl groups is 1. The third kappa shape index (κ3) is 3.67. The van der Waals surface area contributed by atoms with Crippen molar-refractivity contribution in [3.63, 3.8) is 0 Å². The number of aromatic nitrogens is 1. The third-order valence-corrected chi connectivity index (χ3v) is 5.69. The highest BCUT2D eigenvalue weighted by Crippen LogP contribution is 2.43. The summed E-state index contributed by atoms with van der Waals surface area (Å²) < 4.78 is 4.94. The Bertz CT molecular complexity index is 981. The SMILES string of the molecule is COCC#Cc1ccc([C@H]2[C@@H](CO)N3C(=O)CN(C(=O)c4cccnc4)C[C@H]23)cc1. The van der Waals surface area contributed by atoms with Gasteiger partial charge in [0.2, 0.25) is 5.91 Å². The van der Waals surface area contributed by atoms with E-state index < -0.39 is 0 Å². The summed E-state index contributed by atoms with van der Waals surface area (Å²) in [7, 11) is 1.60. The van der Waals surface area contributed by atoms with Crippen LogP contribution in [0.3, 0.4) is 0 Å². The van der Waals surface area contributed by atoms with Gasteiger partial charge in [0.25, 0.3) is 5.91 Å². The lowest BCUT2D eigenvalue weighted by Gasteiger charge is -2.58. The maximum absolute atomic E-state index is 12.8. The number of amides is 2. The summed E-state index contributed by atoms with van der Waals surface area (Å²) in [5.41, 5.74) is 2.36. The normalized spacial score (nSPS) is 22.6. The van der Waals surface area contributed by atoms with Crippen LogP contribution < -0.4 is 0 Å². The zero-order chi connectivity index (χ0) is 21.1. The second kappa shape index (κ2) is 8.66. The molecule has 1 N–H and O–H groups in total. The van der Waals surface area contributed by atoms with Crippen LogP contribution in [0.2, 0.25) is 0 Å². The number of carbonyl (C=O) groups excluding carboxylic acids is 2. The largest absolute Gasteiger partial charge is 0.394 e. The maximum atomic E-state index is 12.8. The van der Waals surface area contributed by atoms with E-state index in [1.54, 1.807) is 35.2 Å². The van der Waals surface area contributed by atoms with E-state index in [9.17, 15) is 14.7 Å². The molecule has 0 saturated carbocycles. The minimum atomic E-state index is -0.274. The van der Waals surface area contributed by atoms with Gasteiger partial charge >= 0.3 is 0 Å². The number of ether oxygens (including phenoxy) is 1. The van der Waals surface area contributed by atoms with E-state index in [4.69, 9.17) is 4.74 Å². The molecule has 2 saturated heterocycles. The molecule has 4 rings (SSSR count). The molecule has 7 nitrogen and oxygen atoms in total. The highest BCUT2D eigenvalue weighted by Gasteiger charge is 2.54. The smallest absolute Gasteiger partial charge is 0.255 e. The minimum absolute atomic E-state index is 0.0154. The number of piperazine rings is 1. The monoisotopic (exact) mass is 405 g/mol. The fraction of sp³-hybridized carbons (Fsp3) is 0.348. The lowest BCUT2D eigenvalue weighted by atomic mass is 9.73. The summed E-state index contributed by atoms with van der Waals surface area (Å²) in [4.78, 5) is 32.8. The molecule has 3 atom stereocenters. The van der Waals surface area contributed by atoms with Gasteiger partial charge in [0, 0.05) is 37.5 Å². The first-order chi connectivity index (χ1) is 14.6. The van der Waals surface area contributed by atoms with Gasteiger partial charge in [-0.3, -0.25) is 14.6 Å². The predicted molar refractivity (Wildman–Crippen MR) is 110 cm³/mol. The van der Waals surface area contributed by atoms with Crippen LogP contribution in [-0.2, 0) is 9.53 Å². The van der Waals surface area contributed by atoms with Crippen molar-refractivity contribution in [2.24, 2.45) is 0 Å². The lowest BCUT2D eigenvalue weighted by molar-refractivity contribution is -0.159. The topological polar surface area (TPSA) is 83.0 Å². The number of pyridine rings is 1. The standard InChI is InChI=1S/C23H23N3O4/c1-30-11-3-4-16-6-8-17(9-7-16)22-19-13-25(14-21(28)26(19)20(22)15-27)23(29)18-5-2-10-24-12-18/h2,5-10,12,19-20,22,27H,11,13-15H2,1H3/t19-,20-,22-/m1/s1. The molecule has 0 bridgehead atoms. The van der Waals surface area contributed by atoms with Crippen molar-refractivity contribution in [1.29, 1.82) is 0 Å². The first-order valence-electron chi connectivity index (χ1n) is 9.83. The molecular formula is C23H23N3O4. The van der Waals surface area contributed by atoms with E-state index in [2.05, 4.69) is 16.8 Å². The molecule has 2 amide bonds. The number of aliphatic hydroxyl groups excluding tert-OH is 1. The average Bonchev–Trinajstić information content (AvgIpc) is 2.76. The Morgan fingerprint density at radius 1 is 1.30 bits per heavy atom. The number of nitrogens with zero attached hydrogens (tertiary/aromatic N) is 3. The molecule has 30 heavy (non-hydrogen) atoms. The summed E-state index contributed by atoms with van der Waals surface area (Å²) in [6, 6.07) is 10.8. The van der Waals surface area contributed by atoms with Crippen LogP contribution in [0.5, 0.6) is 0 Å². The Morgan fingerprint density at radius 2 is 2.10 bits per heavy atom.